The molecule has 1 aliphatic rings. The van der Waals surface area contributed by atoms with Gasteiger partial charge in [-0.25, -0.2) is 0 Å². The van der Waals surface area contributed by atoms with Crippen molar-refractivity contribution in [2.24, 2.45) is 5.92 Å². The zero-order chi connectivity index (χ0) is 16.5. The van der Waals surface area contributed by atoms with Crippen LogP contribution in [0.5, 0.6) is 0 Å². The average molecular weight is 314 g/mol. The molecule has 1 aromatic carbocycles. The third-order valence-corrected chi connectivity index (χ3v) is 5.56. The summed E-state index contributed by atoms with van der Waals surface area (Å²) in [6.45, 7) is 9.41. The Hall–Kier alpha value is -1.08. The highest BCUT2D eigenvalue weighted by Gasteiger charge is 2.55. The Balaban J connectivity index is 1.68. The second-order valence-electron chi connectivity index (χ2n) is 7.02. The summed E-state index contributed by atoms with van der Waals surface area (Å²) in [5.74, 6) is 0.949. The van der Waals surface area contributed by atoms with Crippen LogP contribution in [-0.4, -0.2) is 23.5 Å². The Kier molecular flexibility index (Phi) is 7.36. The highest BCUT2D eigenvalue weighted by molar-refractivity contribution is 5.17. The topological polar surface area (TPSA) is 3.24 Å². The Morgan fingerprint density at radius 1 is 1.09 bits per heavy atom. The number of hydrogen-bond acceptors (Lipinski definition) is 1. The van der Waals surface area contributed by atoms with E-state index in [-0.39, 0.29) is 0 Å². The smallest absolute Gasteiger partial charge is 0.0241 e. The number of benzene rings is 1. The van der Waals surface area contributed by atoms with Gasteiger partial charge in [-0.15, -0.1) is 0 Å². The first-order chi connectivity index (χ1) is 11.3. The van der Waals surface area contributed by atoms with Crippen molar-refractivity contribution in [2.75, 3.05) is 13.1 Å². The predicted octanol–water partition coefficient (Wildman–Crippen LogP) is 5.86. The molecule has 0 spiro atoms. The molecule has 2 rings (SSSR count). The number of unbranched alkanes of at least 4 members (excludes halogenated alkanes) is 1. The van der Waals surface area contributed by atoms with Gasteiger partial charge in [0.15, 0.2) is 0 Å². The summed E-state index contributed by atoms with van der Waals surface area (Å²) in [6, 6.07) is 10.7. The molecule has 0 bridgehead atoms. The first kappa shape index (κ1) is 18.3. The molecular weight excluding hydrogens is 278 g/mol. The largest absolute Gasteiger partial charge is 0.298 e. The number of rotatable bonds is 11. The van der Waals surface area contributed by atoms with Gasteiger partial charge >= 0.3 is 0 Å². The van der Waals surface area contributed by atoms with Crippen LogP contribution in [0.25, 0.3) is 0 Å². The van der Waals surface area contributed by atoms with E-state index in [1.54, 1.807) is 0 Å². The Morgan fingerprint density at radius 2 is 1.83 bits per heavy atom. The first-order valence-electron chi connectivity index (χ1n) is 9.70. The summed E-state index contributed by atoms with van der Waals surface area (Å²) < 4.78 is 0. The molecule has 128 valence electrons. The summed E-state index contributed by atoms with van der Waals surface area (Å²) in [5, 5.41) is 0. The first-order valence-corrected chi connectivity index (χ1v) is 9.70. The molecule has 0 aliphatic heterocycles. The van der Waals surface area contributed by atoms with Gasteiger partial charge in [-0.3, -0.25) is 4.90 Å². The van der Waals surface area contributed by atoms with Crippen LogP contribution in [0.4, 0.5) is 0 Å². The van der Waals surface area contributed by atoms with Gasteiger partial charge in [0.1, 0.15) is 0 Å². The van der Waals surface area contributed by atoms with E-state index in [2.05, 4.69) is 68.2 Å². The minimum atomic E-state index is 0.562. The van der Waals surface area contributed by atoms with Crippen LogP contribution in [0.1, 0.15) is 64.9 Å². The van der Waals surface area contributed by atoms with Crippen molar-refractivity contribution in [2.45, 2.75) is 71.3 Å². The van der Waals surface area contributed by atoms with Gasteiger partial charge in [-0.1, -0.05) is 69.7 Å². The van der Waals surface area contributed by atoms with Crippen molar-refractivity contribution >= 4 is 0 Å². The fraction of sp³-hybridized carbons (Fsp3) is 0.636. The zero-order valence-electron chi connectivity index (χ0n) is 15.4. The van der Waals surface area contributed by atoms with Gasteiger partial charge in [-0.05, 0) is 63.1 Å². The monoisotopic (exact) mass is 313 g/mol. The second-order valence-corrected chi connectivity index (χ2v) is 7.02. The molecule has 0 unspecified atom stereocenters. The lowest BCUT2D eigenvalue weighted by Crippen LogP contribution is -2.38. The van der Waals surface area contributed by atoms with E-state index in [1.807, 2.05) is 0 Å². The van der Waals surface area contributed by atoms with Crippen molar-refractivity contribution < 1.29 is 0 Å². The van der Waals surface area contributed by atoms with Crippen LogP contribution in [0.2, 0.25) is 0 Å². The molecule has 1 nitrogen and oxygen atoms in total. The number of hydrogen-bond donors (Lipinski definition) is 0. The zero-order valence-corrected chi connectivity index (χ0v) is 15.4. The third-order valence-electron chi connectivity index (χ3n) is 5.56. The van der Waals surface area contributed by atoms with E-state index < -0.39 is 0 Å². The van der Waals surface area contributed by atoms with Crippen LogP contribution in [-0.2, 0) is 6.42 Å². The van der Waals surface area contributed by atoms with Gasteiger partial charge in [-0.2, -0.15) is 0 Å². The van der Waals surface area contributed by atoms with Crippen LogP contribution in [0, 0.1) is 5.92 Å². The molecule has 1 aliphatic carbocycles. The van der Waals surface area contributed by atoms with Gasteiger partial charge in [0.05, 0.1) is 0 Å². The number of allylic oxidation sites excluding steroid dienone is 2. The molecule has 1 saturated carbocycles. The maximum absolute atomic E-state index is 2.73. The number of nitrogens with zero attached hydrogens (tertiary/aromatic N) is 1. The van der Waals surface area contributed by atoms with Crippen LogP contribution in [0.3, 0.4) is 0 Å². The molecule has 0 N–H and O–H groups in total. The fourth-order valence-corrected chi connectivity index (χ4v) is 4.31. The second kappa shape index (κ2) is 9.27. The molecule has 0 saturated heterocycles. The van der Waals surface area contributed by atoms with E-state index in [4.69, 9.17) is 0 Å². The standard InChI is InChI=1S/C22H35N/c1-4-18-22(23(5-2)6-3)19-21(22)17-13-8-7-10-14-20-15-11-9-12-16-20/h7,9-12,15-16,21H,4-6,8,13-14,17-19H2,1-3H3/b10-7-/t21-,22-/m0/s1. The average Bonchev–Trinajstić information content (AvgIpc) is 3.27. The van der Waals surface area contributed by atoms with E-state index in [1.165, 1.54) is 57.2 Å². The quantitative estimate of drug-likeness (QED) is 0.365. The minimum Gasteiger partial charge on any atom is -0.298 e. The van der Waals surface area contributed by atoms with Gasteiger partial charge in [0.25, 0.3) is 0 Å². The van der Waals surface area contributed by atoms with E-state index in [0.717, 1.165) is 12.3 Å². The van der Waals surface area contributed by atoms with E-state index >= 15 is 0 Å². The predicted molar refractivity (Wildman–Crippen MR) is 102 cm³/mol. The van der Waals surface area contributed by atoms with Gasteiger partial charge in [0.2, 0.25) is 0 Å². The van der Waals surface area contributed by atoms with Gasteiger partial charge in [0, 0.05) is 5.54 Å². The van der Waals surface area contributed by atoms with E-state index in [0.29, 0.717) is 5.54 Å². The lowest BCUT2D eigenvalue weighted by Gasteiger charge is -2.31. The Bertz CT molecular complexity index is 460. The van der Waals surface area contributed by atoms with Crippen LogP contribution >= 0.6 is 0 Å². The molecule has 0 amide bonds. The van der Waals surface area contributed by atoms with Crippen molar-refractivity contribution in [3.63, 3.8) is 0 Å². The van der Waals surface area contributed by atoms with Crippen molar-refractivity contribution in [3.05, 3.63) is 48.0 Å². The molecule has 1 aromatic rings. The summed E-state index contributed by atoms with van der Waals surface area (Å²) in [7, 11) is 0. The maximum Gasteiger partial charge on any atom is 0.0241 e. The van der Waals surface area contributed by atoms with Crippen molar-refractivity contribution in [1.29, 1.82) is 0 Å². The highest BCUT2D eigenvalue weighted by Crippen LogP contribution is 2.54. The SMILES string of the molecule is CCC[C@]1(N(CC)CC)C[C@@H]1CCC/C=C\Cc1ccccc1. The van der Waals surface area contributed by atoms with E-state index in [9.17, 15) is 0 Å². The molecular formula is C22H35N. The molecule has 0 heterocycles. The van der Waals surface area contributed by atoms with Crippen LogP contribution < -0.4 is 0 Å². The normalized spacial score (nSPS) is 23.7. The Morgan fingerprint density at radius 3 is 2.48 bits per heavy atom. The lowest BCUT2D eigenvalue weighted by atomic mass is 10.0. The molecule has 0 radical (unpaired) electrons. The summed E-state index contributed by atoms with van der Waals surface area (Å²) in [5.41, 5.74) is 1.97. The Labute approximate surface area is 143 Å². The summed E-state index contributed by atoms with van der Waals surface area (Å²) in [6.07, 6.45) is 14.0. The summed E-state index contributed by atoms with van der Waals surface area (Å²) >= 11 is 0. The van der Waals surface area contributed by atoms with Crippen molar-refractivity contribution in [1.82, 2.24) is 4.90 Å². The third kappa shape index (κ3) is 4.94. The molecule has 2 atom stereocenters. The minimum absolute atomic E-state index is 0.562. The molecule has 1 heteroatoms. The highest BCUT2D eigenvalue weighted by atomic mass is 15.2. The lowest BCUT2D eigenvalue weighted by molar-refractivity contribution is 0.165. The van der Waals surface area contributed by atoms with Crippen LogP contribution in [0.15, 0.2) is 42.5 Å². The summed E-state index contributed by atoms with van der Waals surface area (Å²) in [4.78, 5) is 2.73. The molecule has 23 heavy (non-hydrogen) atoms. The van der Waals surface area contributed by atoms with Gasteiger partial charge < -0.3 is 0 Å². The fourth-order valence-electron chi connectivity index (χ4n) is 4.31. The maximum atomic E-state index is 2.73. The van der Waals surface area contributed by atoms with Crippen molar-refractivity contribution in [3.8, 4) is 0 Å². The molecule has 1 fully saturated rings. The molecule has 0 aromatic heterocycles.